The molecule has 2 aliphatic heterocycles. The van der Waals surface area contributed by atoms with Crippen LogP contribution in [0.2, 0.25) is 0 Å². The smallest absolute Gasteiger partial charge is 0.226 e. The molecule has 0 aromatic heterocycles. The summed E-state index contributed by atoms with van der Waals surface area (Å²) in [6.45, 7) is 5.73. The highest BCUT2D eigenvalue weighted by molar-refractivity contribution is 7.99. The Labute approximate surface area is 132 Å². The van der Waals surface area contributed by atoms with Gasteiger partial charge < -0.3 is 9.64 Å². The fourth-order valence-corrected chi connectivity index (χ4v) is 4.82. The first-order chi connectivity index (χ1) is 10.3. The van der Waals surface area contributed by atoms with Crippen LogP contribution in [0.5, 0.6) is 0 Å². The maximum Gasteiger partial charge on any atom is 0.226 e. The summed E-state index contributed by atoms with van der Waals surface area (Å²) >= 11 is 2.02. The Hall–Kier alpha value is -0.260. The van der Waals surface area contributed by atoms with E-state index in [1.54, 1.807) is 0 Å². The van der Waals surface area contributed by atoms with Crippen LogP contribution in [0.4, 0.5) is 0 Å². The number of ether oxygens (including phenoxy) is 1. The molecule has 3 aliphatic rings. The summed E-state index contributed by atoms with van der Waals surface area (Å²) < 4.78 is 5.44. The van der Waals surface area contributed by atoms with Crippen molar-refractivity contribution in [1.29, 1.82) is 0 Å². The van der Waals surface area contributed by atoms with Crippen molar-refractivity contribution < 1.29 is 9.53 Å². The Morgan fingerprint density at radius 3 is 2.62 bits per heavy atom. The molecule has 0 N–H and O–H groups in total. The molecule has 2 heterocycles. The van der Waals surface area contributed by atoms with Gasteiger partial charge in [0.2, 0.25) is 5.91 Å². The zero-order chi connectivity index (χ0) is 14.5. The van der Waals surface area contributed by atoms with E-state index >= 15 is 0 Å². The number of morpholine rings is 1. The van der Waals surface area contributed by atoms with Gasteiger partial charge in [-0.2, -0.15) is 11.8 Å². The van der Waals surface area contributed by atoms with Crippen LogP contribution in [0.15, 0.2) is 0 Å². The molecule has 3 rings (SSSR count). The molecule has 2 saturated heterocycles. The third-order valence-electron chi connectivity index (χ3n) is 5.00. The number of carbonyl (C=O) groups excluding carboxylic acids is 1. The minimum atomic E-state index is 0.320. The van der Waals surface area contributed by atoms with Crippen molar-refractivity contribution in [3.8, 4) is 0 Å². The fraction of sp³-hybridized carbons (Fsp3) is 0.938. The molecule has 0 aromatic carbocycles. The van der Waals surface area contributed by atoms with Crippen molar-refractivity contribution >= 4 is 17.7 Å². The first-order valence-corrected chi connectivity index (χ1v) is 9.68. The van der Waals surface area contributed by atoms with Crippen molar-refractivity contribution in [1.82, 2.24) is 9.80 Å². The van der Waals surface area contributed by atoms with Gasteiger partial charge in [0, 0.05) is 37.8 Å². The molecule has 1 atom stereocenters. The highest BCUT2D eigenvalue weighted by atomic mass is 32.2. The number of hydrogen-bond acceptors (Lipinski definition) is 4. The third-order valence-corrected chi connectivity index (χ3v) is 6.20. The second-order valence-corrected chi connectivity index (χ2v) is 7.66. The molecule has 1 aliphatic carbocycles. The van der Waals surface area contributed by atoms with Crippen LogP contribution in [0, 0.1) is 5.92 Å². The average Bonchev–Trinajstić information content (AvgIpc) is 2.96. The average molecular weight is 312 g/mol. The second kappa shape index (κ2) is 7.84. The number of thioether (sulfide) groups is 1. The molecular formula is C16H28N2O2S. The van der Waals surface area contributed by atoms with Crippen molar-refractivity contribution in [2.45, 2.75) is 38.1 Å². The summed E-state index contributed by atoms with van der Waals surface area (Å²) in [6, 6.07) is 0.406. The number of carbonyl (C=O) groups is 1. The zero-order valence-corrected chi connectivity index (χ0v) is 13.8. The lowest BCUT2D eigenvalue weighted by Gasteiger charge is -2.36. The summed E-state index contributed by atoms with van der Waals surface area (Å²) in [5, 5.41) is 0. The Morgan fingerprint density at radius 1 is 1.10 bits per heavy atom. The maximum absolute atomic E-state index is 12.9. The molecular weight excluding hydrogens is 284 g/mol. The van der Waals surface area contributed by atoms with E-state index in [2.05, 4.69) is 9.80 Å². The van der Waals surface area contributed by atoms with Gasteiger partial charge in [0.05, 0.1) is 19.3 Å². The van der Waals surface area contributed by atoms with Crippen LogP contribution in [0.1, 0.15) is 32.1 Å². The summed E-state index contributed by atoms with van der Waals surface area (Å²) in [6.07, 6.45) is 5.88. The fourth-order valence-electron chi connectivity index (χ4n) is 3.76. The number of hydrogen-bond donors (Lipinski definition) is 0. The van der Waals surface area contributed by atoms with Gasteiger partial charge in [0.25, 0.3) is 0 Å². The molecule has 5 heteroatoms. The van der Waals surface area contributed by atoms with E-state index in [0.29, 0.717) is 17.9 Å². The van der Waals surface area contributed by atoms with E-state index in [4.69, 9.17) is 4.74 Å². The predicted molar refractivity (Wildman–Crippen MR) is 86.7 cm³/mol. The molecule has 1 unspecified atom stereocenters. The SMILES string of the molecule is O=C(C1CCCC1)N1CCCSCC1CN1CCOCC1. The lowest BCUT2D eigenvalue weighted by atomic mass is 10.0. The van der Waals surface area contributed by atoms with Crippen molar-refractivity contribution in [2.24, 2.45) is 5.92 Å². The normalized spacial score (nSPS) is 29.5. The number of nitrogens with zero attached hydrogens (tertiary/aromatic N) is 2. The molecule has 0 radical (unpaired) electrons. The first-order valence-electron chi connectivity index (χ1n) is 8.53. The molecule has 0 spiro atoms. The van der Waals surface area contributed by atoms with E-state index in [-0.39, 0.29) is 0 Å². The van der Waals surface area contributed by atoms with Gasteiger partial charge in [-0.1, -0.05) is 12.8 Å². The second-order valence-electron chi connectivity index (χ2n) is 6.51. The Bertz CT molecular complexity index is 341. The minimum absolute atomic E-state index is 0.320. The summed E-state index contributed by atoms with van der Waals surface area (Å²) in [4.78, 5) is 17.6. The largest absolute Gasteiger partial charge is 0.379 e. The standard InChI is InChI=1S/C16H28N2O2S/c19-16(14-4-1-2-5-14)18-6-3-11-21-13-15(18)12-17-7-9-20-10-8-17/h14-15H,1-13H2. The highest BCUT2D eigenvalue weighted by Gasteiger charge is 2.33. The molecule has 3 fully saturated rings. The van der Waals surface area contributed by atoms with Gasteiger partial charge in [-0.25, -0.2) is 0 Å². The van der Waals surface area contributed by atoms with Gasteiger partial charge in [-0.05, 0) is 25.0 Å². The van der Waals surface area contributed by atoms with Crippen molar-refractivity contribution in [2.75, 3.05) is 50.9 Å². The minimum Gasteiger partial charge on any atom is -0.379 e. The summed E-state index contributed by atoms with van der Waals surface area (Å²) in [5.74, 6) is 3.08. The van der Waals surface area contributed by atoms with E-state index in [9.17, 15) is 4.79 Å². The number of amides is 1. The van der Waals surface area contributed by atoms with Crippen LogP contribution >= 0.6 is 11.8 Å². The molecule has 21 heavy (non-hydrogen) atoms. The van der Waals surface area contributed by atoms with Crippen LogP contribution in [0.3, 0.4) is 0 Å². The molecule has 1 amide bonds. The number of rotatable bonds is 3. The topological polar surface area (TPSA) is 32.8 Å². The molecule has 4 nitrogen and oxygen atoms in total. The van der Waals surface area contributed by atoms with E-state index < -0.39 is 0 Å². The first kappa shape index (κ1) is 15.6. The lowest BCUT2D eigenvalue weighted by Crippen LogP contribution is -2.51. The van der Waals surface area contributed by atoms with Gasteiger partial charge >= 0.3 is 0 Å². The van der Waals surface area contributed by atoms with Crippen molar-refractivity contribution in [3.05, 3.63) is 0 Å². The predicted octanol–water partition coefficient (Wildman–Crippen LogP) is 1.84. The lowest BCUT2D eigenvalue weighted by molar-refractivity contribution is -0.137. The monoisotopic (exact) mass is 312 g/mol. The maximum atomic E-state index is 12.9. The van der Waals surface area contributed by atoms with Crippen LogP contribution in [-0.4, -0.2) is 72.6 Å². The van der Waals surface area contributed by atoms with Gasteiger partial charge in [0.15, 0.2) is 0 Å². The summed E-state index contributed by atoms with van der Waals surface area (Å²) in [5.41, 5.74) is 0. The quantitative estimate of drug-likeness (QED) is 0.796. The highest BCUT2D eigenvalue weighted by Crippen LogP contribution is 2.29. The third kappa shape index (κ3) is 4.14. The van der Waals surface area contributed by atoms with Gasteiger partial charge in [0.1, 0.15) is 0 Å². The Balaban J connectivity index is 1.63. The Kier molecular flexibility index (Phi) is 5.83. The van der Waals surface area contributed by atoms with Crippen LogP contribution < -0.4 is 0 Å². The van der Waals surface area contributed by atoms with Crippen LogP contribution in [0.25, 0.3) is 0 Å². The molecule has 0 bridgehead atoms. The van der Waals surface area contributed by atoms with E-state index in [0.717, 1.165) is 64.4 Å². The van der Waals surface area contributed by atoms with E-state index in [1.807, 2.05) is 11.8 Å². The summed E-state index contributed by atoms with van der Waals surface area (Å²) in [7, 11) is 0. The van der Waals surface area contributed by atoms with E-state index in [1.165, 1.54) is 18.6 Å². The zero-order valence-electron chi connectivity index (χ0n) is 13.0. The van der Waals surface area contributed by atoms with Crippen LogP contribution in [-0.2, 0) is 9.53 Å². The molecule has 120 valence electrons. The molecule has 1 saturated carbocycles. The van der Waals surface area contributed by atoms with Crippen molar-refractivity contribution in [3.63, 3.8) is 0 Å². The van der Waals surface area contributed by atoms with Gasteiger partial charge in [-0.3, -0.25) is 9.69 Å². The van der Waals surface area contributed by atoms with Gasteiger partial charge in [-0.15, -0.1) is 0 Å². The Morgan fingerprint density at radius 2 is 1.86 bits per heavy atom. The molecule has 0 aromatic rings.